The van der Waals surface area contributed by atoms with E-state index >= 15 is 0 Å². The number of halogens is 1. The monoisotopic (exact) mass is 368 g/mol. The van der Waals surface area contributed by atoms with E-state index in [0.717, 1.165) is 10.0 Å². The highest BCUT2D eigenvalue weighted by Crippen LogP contribution is 2.27. The lowest BCUT2D eigenvalue weighted by Gasteiger charge is -2.14. The Kier molecular flexibility index (Phi) is 5.13. The maximum absolute atomic E-state index is 10.9. The summed E-state index contributed by atoms with van der Waals surface area (Å²) < 4.78 is 0.726. The lowest BCUT2D eigenvalue weighted by atomic mass is 10.1. The summed E-state index contributed by atoms with van der Waals surface area (Å²) in [5.74, 6) is 0. The van der Waals surface area contributed by atoms with Crippen molar-refractivity contribution >= 4 is 33.0 Å². The van der Waals surface area contributed by atoms with Crippen molar-refractivity contribution in [2.75, 3.05) is 0 Å². The molecular formula is C15H17BrN2O2S. The molecule has 0 bridgehead atoms. The van der Waals surface area contributed by atoms with Crippen LogP contribution in [0.5, 0.6) is 0 Å². The first kappa shape index (κ1) is 16.1. The zero-order valence-corrected chi connectivity index (χ0v) is 14.5. The summed E-state index contributed by atoms with van der Waals surface area (Å²) in [6, 6.07) is 7.43. The van der Waals surface area contributed by atoms with Crippen molar-refractivity contribution in [3.63, 3.8) is 0 Å². The number of aryl methyl sites for hydroxylation is 2. The van der Waals surface area contributed by atoms with E-state index in [0.29, 0.717) is 6.54 Å². The van der Waals surface area contributed by atoms with Crippen molar-refractivity contribution in [3.05, 3.63) is 59.7 Å². The molecule has 1 atom stereocenters. The van der Waals surface area contributed by atoms with Crippen molar-refractivity contribution in [1.29, 1.82) is 0 Å². The van der Waals surface area contributed by atoms with Gasteiger partial charge in [-0.15, -0.1) is 11.3 Å². The molecule has 1 aromatic heterocycles. The molecule has 1 aromatic carbocycles. The highest BCUT2D eigenvalue weighted by molar-refractivity contribution is 9.10. The van der Waals surface area contributed by atoms with Crippen LogP contribution in [0.25, 0.3) is 0 Å². The van der Waals surface area contributed by atoms with Crippen molar-refractivity contribution in [2.45, 2.75) is 33.4 Å². The number of hydrogen-bond donors (Lipinski definition) is 1. The van der Waals surface area contributed by atoms with Crippen LogP contribution in [0, 0.1) is 24.0 Å². The number of thiophene rings is 1. The van der Waals surface area contributed by atoms with E-state index in [2.05, 4.69) is 48.1 Å². The van der Waals surface area contributed by atoms with E-state index < -0.39 is 0 Å². The quantitative estimate of drug-likeness (QED) is 0.603. The molecule has 0 radical (unpaired) electrons. The highest BCUT2D eigenvalue weighted by Gasteiger charge is 2.12. The maximum Gasteiger partial charge on any atom is 0.270 e. The Morgan fingerprint density at radius 1 is 1.33 bits per heavy atom. The Labute approximate surface area is 136 Å². The fourth-order valence-corrected chi connectivity index (χ4v) is 3.85. The fraction of sp³-hybridized carbons (Fsp3) is 0.333. The van der Waals surface area contributed by atoms with Crippen molar-refractivity contribution in [1.82, 2.24) is 5.32 Å². The van der Waals surface area contributed by atoms with E-state index in [1.54, 1.807) is 17.4 Å². The minimum Gasteiger partial charge on any atom is -0.306 e. The van der Waals surface area contributed by atoms with Crippen LogP contribution in [-0.2, 0) is 6.54 Å². The number of nitro benzene ring substituents is 1. The molecular weight excluding hydrogens is 352 g/mol. The van der Waals surface area contributed by atoms with Crippen LogP contribution in [-0.4, -0.2) is 4.92 Å². The summed E-state index contributed by atoms with van der Waals surface area (Å²) in [5.41, 5.74) is 2.30. The number of non-ortho nitro benzene ring substituents is 1. The topological polar surface area (TPSA) is 55.2 Å². The summed E-state index contributed by atoms with van der Waals surface area (Å²) >= 11 is 5.11. The number of hydrogen-bond acceptors (Lipinski definition) is 4. The van der Waals surface area contributed by atoms with Gasteiger partial charge in [-0.05, 0) is 44.0 Å². The molecule has 0 aliphatic rings. The molecule has 0 fully saturated rings. The molecule has 1 heterocycles. The molecule has 4 nitrogen and oxygen atoms in total. The van der Waals surface area contributed by atoms with Crippen LogP contribution in [0.4, 0.5) is 5.69 Å². The second kappa shape index (κ2) is 6.68. The van der Waals surface area contributed by atoms with Crippen molar-refractivity contribution in [3.8, 4) is 0 Å². The van der Waals surface area contributed by atoms with E-state index in [1.165, 1.54) is 21.4 Å². The highest BCUT2D eigenvalue weighted by atomic mass is 79.9. The van der Waals surface area contributed by atoms with Crippen LogP contribution >= 0.6 is 27.3 Å². The smallest absolute Gasteiger partial charge is 0.270 e. The molecule has 0 spiro atoms. The van der Waals surface area contributed by atoms with Gasteiger partial charge in [0, 0.05) is 38.9 Å². The Bertz CT molecular complexity index is 670. The molecule has 2 rings (SSSR count). The van der Waals surface area contributed by atoms with Gasteiger partial charge in [-0.2, -0.15) is 0 Å². The van der Waals surface area contributed by atoms with Crippen LogP contribution in [0.2, 0.25) is 0 Å². The lowest BCUT2D eigenvalue weighted by molar-refractivity contribution is -0.385. The van der Waals surface area contributed by atoms with Gasteiger partial charge in [0.2, 0.25) is 0 Å². The zero-order valence-electron chi connectivity index (χ0n) is 12.1. The van der Waals surface area contributed by atoms with Crippen molar-refractivity contribution < 1.29 is 4.92 Å². The third-order valence-electron chi connectivity index (χ3n) is 3.31. The maximum atomic E-state index is 10.9. The van der Waals surface area contributed by atoms with Crippen LogP contribution in [0.1, 0.15) is 33.8 Å². The summed E-state index contributed by atoms with van der Waals surface area (Å²) in [6.45, 7) is 6.93. The standard InChI is InChI=1S/C15H17BrN2O2S/c1-9-4-15(11(3)21-9)10(2)17-8-12-5-13(16)7-14(6-12)18(19)20/h4-7,10,17H,8H2,1-3H3. The molecule has 0 amide bonds. The van der Waals surface area contributed by atoms with Gasteiger partial charge in [0.1, 0.15) is 0 Å². The predicted octanol–water partition coefficient (Wildman–Crippen LogP) is 4.89. The van der Waals surface area contributed by atoms with Gasteiger partial charge in [-0.1, -0.05) is 15.9 Å². The third kappa shape index (κ3) is 4.12. The molecule has 0 aliphatic heterocycles. The Hall–Kier alpha value is -1.24. The van der Waals surface area contributed by atoms with Gasteiger partial charge in [0.15, 0.2) is 0 Å². The minimum absolute atomic E-state index is 0.108. The van der Waals surface area contributed by atoms with Gasteiger partial charge in [-0.3, -0.25) is 10.1 Å². The molecule has 1 unspecified atom stereocenters. The SMILES string of the molecule is Cc1cc(C(C)NCc2cc(Br)cc([N+](=O)[O-])c2)c(C)s1. The second-order valence-electron chi connectivity index (χ2n) is 5.05. The first-order valence-corrected chi connectivity index (χ1v) is 8.22. The fourth-order valence-electron chi connectivity index (χ4n) is 2.30. The number of nitro groups is 1. The molecule has 21 heavy (non-hydrogen) atoms. The number of rotatable bonds is 5. The average molecular weight is 369 g/mol. The summed E-state index contributed by atoms with van der Waals surface area (Å²) in [5, 5.41) is 14.3. The van der Waals surface area contributed by atoms with Gasteiger partial charge in [0.05, 0.1) is 4.92 Å². The van der Waals surface area contributed by atoms with E-state index in [1.807, 2.05) is 6.07 Å². The second-order valence-corrected chi connectivity index (χ2v) is 7.42. The van der Waals surface area contributed by atoms with Gasteiger partial charge >= 0.3 is 0 Å². The molecule has 112 valence electrons. The average Bonchev–Trinajstić information content (AvgIpc) is 2.74. The van der Waals surface area contributed by atoms with Gasteiger partial charge < -0.3 is 5.32 Å². The van der Waals surface area contributed by atoms with Gasteiger partial charge in [-0.25, -0.2) is 0 Å². The lowest BCUT2D eigenvalue weighted by Crippen LogP contribution is -2.18. The molecule has 1 N–H and O–H groups in total. The summed E-state index contributed by atoms with van der Waals surface area (Å²) in [7, 11) is 0. The first-order chi connectivity index (χ1) is 9.86. The van der Waals surface area contributed by atoms with E-state index in [-0.39, 0.29) is 16.7 Å². The normalized spacial score (nSPS) is 12.4. The van der Waals surface area contributed by atoms with Crippen LogP contribution in [0.15, 0.2) is 28.7 Å². The summed E-state index contributed by atoms with van der Waals surface area (Å²) in [6.07, 6.45) is 0. The zero-order chi connectivity index (χ0) is 15.6. The summed E-state index contributed by atoms with van der Waals surface area (Å²) in [4.78, 5) is 13.1. The van der Waals surface area contributed by atoms with Gasteiger partial charge in [0.25, 0.3) is 5.69 Å². The van der Waals surface area contributed by atoms with E-state index in [4.69, 9.17) is 0 Å². The molecule has 2 aromatic rings. The molecule has 0 aliphatic carbocycles. The molecule has 0 saturated heterocycles. The van der Waals surface area contributed by atoms with Crippen molar-refractivity contribution in [2.24, 2.45) is 0 Å². The number of nitrogens with one attached hydrogen (secondary N) is 1. The molecule has 0 saturated carbocycles. The first-order valence-electron chi connectivity index (χ1n) is 6.61. The Morgan fingerprint density at radius 3 is 2.62 bits per heavy atom. The largest absolute Gasteiger partial charge is 0.306 e. The third-order valence-corrected chi connectivity index (χ3v) is 4.75. The Morgan fingerprint density at radius 2 is 2.05 bits per heavy atom. The number of nitrogens with zero attached hydrogens (tertiary/aromatic N) is 1. The number of benzene rings is 1. The van der Waals surface area contributed by atoms with Crippen LogP contribution < -0.4 is 5.32 Å². The van der Waals surface area contributed by atoms with E-state index in [9.17, 15) is 10.1 Å². The predicted molar refractivity (Wildman–Crippen MR) is 89.8 cm³/mol. The molecule has 6 heteroatoms. The Balaban J connectivity index is 2.09. The van der Waals surface area contributed by atoms with Crippen LogP contribution in [0.3, 0.4) is 0 Å². The minimum atomic E-state index is -0.371.